The van der Waals surface area contributed by atoms with Crippen molar-refractivity contribution in [3.8, 4) is 0 Å². The summed E-state index contributed by atoms with van der Waals surface area (Å²) < 4.78 is 28.8. The highest BCUT2D eigenvalue weighted by Crippen LogP contribution is 2.19. The summed E-state index contributed by atoms with van der Waals surface area (Å²) in [5, 5.41) is 7.05. The quantitative estimate of drug-likeness (QED) is 0.887. The van der Waals surface area contributed by atoms with Crippen LogP contribution in [0.3, 0.4) is 0 Å². The minimum absolute atomic E-state index is 0.0781. The molecule has 1 aromatic carbocycles. The predicted molar refractivity (Wildman–Crippen MR) is 79.4 cm³/mol. The molecule has 2 N–H and O–H groups in total. The molecule has 108 valence electrons. The van der Waals surface area contributed by atoms with Crippen molar-refractivity contribution in [2.75, 3.05) is 17.1 Å². The number of nitrogens with zero attached hydrogens (tertiary/aromatic N) is 2. The van der Waals surface area contributed by atoms with Crippen LogP contribution in [0, 0.1) is 0 Å². The monoisotopic (exact) mass is 294 g/mol. The predicted octanol–water partition coefficient (Wildman–Crippen LogP) is 2.31. The summed E-state index contributed by atoms with van der Waals surface area (Å²) in [5.74, 6) is 0.456. The molecule has 0 amide bonds. The Bertz CT molecular complexity index is 675. The first-order valence-electron chi connectivity index (χ1n) is 6.28. The Morgan fingerprint density at radius 2 is 1.80 bits per heavy atom. The van der Waals surface area contributed by atoms with Crippen LogP contribution >= 0.6 is 0 Å². The van der Waals surface area contributed by atoms with Gasteiger partial charge in [-0.05, 0) is 38.1 Å². The van der Waals surface area contributed by atoms with Gasteiger partial charge in [-0.15, -0.1) is 0 Å². The lowest BCUT2D eigenvalue weighted by molar-refractivity contribution is 0.539. The van der Waals surface area contributed by atoms with Gasteiger partial charge in [0.15, 0.2) is 0 Å². The van der Waals surface area contributed by atoms with E-state index in [0.717, 1.165) is 5.69 Å². The van der Waals surface area contributed by atoms with Gasteiger partial charge < -0.3 is 5.32 Å². The fourth-order valence-corrected chi connectivity index (χ4v) is 2.85. The number of anilines is 2. The Labute approximate surface area is 118 Å². The van der Waals surface area contributed by atoms with Gasteiger partial charge in [0.05, 0.1) is 11.1 Å². The van der Waals surface area contributed by atoms with Crippen LogP contribution in [-0.2, 0) is 10.0 Å². The van der Waals surface area contributed by atoms with Gasteiger partial charge in [0.25, 0.3) is 10.0 Å². The number of nitrogens with one attached hydrogen (secondary N) is 2. The number of hydrogen-bond donors (Lipinski definition) is 2. The van der Waals surface area contributed by atoms with Gasteiger partial charge in [0.2, 0.25) is 0 Å². The maximum Gasteiger partial charge on any atom is 0.263 e. The van der Waals surface area contributed by atoms with Crippen LogP contribution in [0.5, 0.6) is 0 Å². The Morgan fingerprint density at radius 1 is 1.15 bits per heavy atom. The Hall–Kier alpha value is -2.02. The van der Waals surface area contributed by atoms with Gasteiger partial charge >= 0.3 is 0 Å². The average Bonchev–Trinajstić information content (AvgIpc) is 2.86. The maximum absolute atomic E-state index is 12.3. The van der Waals surface area contributed by atoms with Crippen molar-refractivity contribution in [2.45, 2.75) is 24.8 Å². The summed E-state index contributed by atoms with van der Waals surface area (Å²) in [6.07, 6.45) is 1.57. The lowest BCUT2D eigenvalue weighted by Gasteiger charge is -2.13. The molecule has 0 aliphatic carbocycles. The number of sulfonamides is 1. The molecule has 2 aromatic rings. The van der Waals surface area contributed by atoms with Crippen molar-refractivity contribution < 1.29 is 8.42 Å². The van der Waals surface area contributed by atoms with Gasteiger partial charge in [-0.2, -0.15) is 5.10 Å². The van der Waals surface area contributed by atoms with Gasteiger partial charge in [-0.3, -0.25) is 4.72 Å². The van der Waals surface area contributed by atoms with Crippen LogP contribution in [0.1, 0.15) is 19.9 Å². The molecule has 20 heavy (non-hydrogen) atoms. The molecule has 0 bridgehead atoms. The van der Waals surface area contributed by atoms with E-state index in [2.05, 4.69) is 15.1 Å². The smallest absolute Gasteiger partial charge is 0.263 e. The van der Waals surface area contributed by atoms with Crippen molar-refractivity contribution in [1.82, 2.24) is 9.78 Å². The molecule has 1 heterocycles. The van der Waals surface area contributed by atoms with E-state index in [-0.39, 0.29) is 10.9 Å². The van der Waals surface area contributed by atoms with E-state index in [4.69, 9.17) is 0 Å². The third kappa shape index (κ3) is 2.93. The zero-order chi connectivity index (χ0) is 14.8. The van der Waals surface area contributed by atoms with Crippen LogP contribution in [-0.4, -0.2) is 25.2 Å². The first kappa shape index (κ1) is 14.4. The van der Waals surface area contributed by atoms with Gasteiger partial charge in [-0.1, -0.05) is 0 Å². The largest absolute Gasteiger partial charge is 0.388 e. The minimum Gasteiger partial charge on any atom is -0.388 e. The minimum atomic E-state index is -3.60. The van der Waals surface area contributed by atoms with Gasteiger partial charge in [0, 0.05) is 24.8 Å². The molecule has 0 saturated carbocycles. The highest BCUT2D eigenvalue weighted by molar-refractivity contribution is 7.92. The fraction of sp³-hybridized carbons (Fsp3) is 0.308. The van der Waals surface area contributed by atoms with Crippen molar-refractivity contribution in [3.63, 3.8) is 0 Å². The van der Waals surface area contributed by atoms with Crippen molar-refractivity contribution in [2.24, 2.45) is 0 Å². The summed E-state index contributed by atoms with van der Waals surface area (Å²) in [6, 6.07) is 8.27. The zero-order valence-corrected chi connectivity index (χ0v) is 12.5. The standard InChI is InChI=1S/C13H18N4O2S/c1-10(2)17-13(8-9-15-17)16-20(18,19)12-6-4-11(14-3)5-7-12/h4-10,14,16H,1-3H3. The molecule has 0 unspecified atom stereocenters. The molecule has 0 radical (unpaired) electrons. The maximum atomic E-state index is 12.3. The van der Waals surface area contributed by atoms with Crippen LogP contribution in [0.25, 0.3) is 0 Å². The highest BCUT2D eigenvalue weighted by atomic mass is 32.2. The van der Waals surface area contributed by atoms with E-state index in [1.807, 2.05) is 13.8 Å². The molecule has 0 aliphatic rings. The Balaban J connectivity index is 2.28. The van der Waals surface area contributed by atoms with Crippen molar-refractivity contribution >= 4 is 21.5 Å². The SMILES string of the molecule is CNc1ccc(S(=O)(=O)Nc2ccnn2C(C)C)cc1. The molecule has 0 atom stereocenters. The van der Waals surface area contributed by atoms with Gasteiger partial charge in [-0.25, -0.2) is 13.1 Å². The van der Waals surface area contributed by atoms with E-state index in [9.17, 15) is 8.42 Å². The first-order valence-corrected chi connectivity index (χ1v) is 7.76. The molecule has 0 spiro atoms. The molecular weight excluding hydrogens is 276 g/mol. The molecule has 0 saturated heterocycles. The Kier molecular flexibility index (Phi) is 3.99. The molecule has 6 nitrogen and oxygen atoms in total. The van der Waals surface area contributed by atoms with Crippen molar-refractivity contribution in [1.29, 1.82) is 0 Å². The number of rotatable bonds is 5. The second kappa shape index (κ2) is 5.54. The van der Waals surface area contributed by atoms with Crippen LogP contribution < -0.4 is 10.0 Å². The van der Waals surface area contributed by atoms with E-state index in [0.29, 0.717) is 5.82 Å². The number of hydrogen-bond acceptors (Lipinski definition) is 4. The molecule has 0 fully saturated rings. The van der Waals surface area contributed by atoms with Crippen LogP contribution in [0.4, 0.5) is 11.5 Å². The van der Waals surface area contributed by atoms with Crippen molar-refractivity contribution in [3.05, 3.63) is 36.5 Å². The van der Waals surface area contributed by atoms with Crippen LogP contribution in [0.15, 0.2) is 41.4 Å². The van der Waals surface area contributed by atoms with Gasteiger partial charge in [0.1, 0.15) is 5.82 Å². The lowest BCUT2D eigenvalue weighted by Crippen LogP contribution is -2.17. The average molecular weight is 294 g/mol. The summed E-state index contributed by atoms with van der Waals surface area (Å²) in [6.45, 7) is 3.87. The third-order valence-electron chi connectivity index (χ3n) is 2.85. The van der Waals surface area contributed by atoms with E-state index < -0.39 is 10.0 Å². The lowest BCUT2D eigenvalue weighted by atomic mass is 10.3. The first-order chi connectivity index (χ1) is 9.44. The second-order valence-electron chi connectivity index (χ2n) is 4.63. The van der Waals surface area contributed by atoms with E-state index >= 15 is 0 Å². The molecule has 7 heteroatoms. The topological polar surface area (TPSA) is 76.0 Å². The highest BCUT2D eigenvalue weighted by Gasteiger charge is 2.17. The summed E-state index contributed by atoms with van der Waals surface area (Å²) in [7, 11) is -1.82. The third-order valence-corrected chi connectivity index (χ3v) is 4.22. The fourth-order valence-electron chi connectivity index (χ4n) is 1.80. The second-order valence-corrected chi connectivity index (χ2v) is 6.32. The summed E-state index contributed by atoms with van der Waals surface area (Å²) in [5.41, 5.74) is 0.858. The Morgan fingerprint density at radius 3 is 2.35 bits per heavy atom. The summed E-state index contributed by atoms with van der Waals surface area (Å²) >= 11 is 0. The number of aromatic nitrogens is 2. The summed E-state index contributed by atoms with van der Waals surface area (Å²) in [4.78, 5) is 0.216. The van der Waals surface area contributed by atoms with E-state index in [1.165, 1.54) is 0 Å². The molecule has 2 rings (SSSR count). The van der Waals surface area contributed by atoms with Crippen LogP contribution in [0.2, 0.25) is 0 Å². The normalized spacial score (nSPS) is 11.6. The molecule has 0 aliphatic heterocycles. The molecule has 1 aromatic heterocycles. The zero-order valence-electron chi connectivity index (χ0n) is 11.7. The number of benzene rings is 1. The van der Waals surface area contributed by atoms with E-state index in [1.54, 1.807) is 48.3 Å². The molecular formula is C13H18N4O2S.